The molecule has 1 amide bonds. The number of carbonyl (C=O) groups excluding carboxylic acids is 3. The Bertz CT molecular complexity index is 3030. The summed E-state index contributed by atoms with van der Waals surface area (Å²) in [6.45, 7) is 17.7. The number of aromatic nitrogens is 1. The van der Waals surface area contributed by atoms with Crippen molar-refractivity contribution in [1.82, 2.24) is 14.8 Å². The highest BCUT2D eigenvalue weighted by molar-refractivity contribution is 6.22. The van der Waals surface area contributed by atoms with Gasteiger partial charge in [0.05, 0.1) is 35.5 Å². The van der Waals surface area contributed by atoms with Crippen LogP contribution in [0.4, 0.5) is 5.69 Å². The number of benzene rings is 4. The number of esters is 1. The molecule has 4 N–H and O–H groups in total. The second-order valence-electron chi connectivity index (χ2n) is 20.0. The van der Waals surface area contributed by atoms with Gasteiger partial charge in [0.15, 0.2) is 11.3 Å². The van der Waals surface area contributed by atoms with Gasteiger partial charge in [-0.25, -0.2) is 4.98 Å². The number of piperazine rings is 1. The number of Topliss-reactive ketones (excluding diaryl/α,β-unsaturated/α-hetero) is 1. The smallest absolute Gasteiger partial charge is 0.312 e. The molecule has 4 heterocycles. The molecule has 0 spiro atoms. The number of para-hydroxylation sites is 1. The maximum Gasteiger partial charge on any atom is 0.312 e. The molecule has 4 aliphatic heterocycles. The van der Waals surface area contributed by atoms with Gasteiger partial charge in [-0.15, -0.1) is 0 Å². The Balaban J connectivity index is 1.25. The molecule has 4 bridgehead atoms. The van der Waals surface area contributed by atoms with Crippen LogP contribution >= 0.6 is 0 Å². The number of allylic oxidation sites excluding steroid dienone is 2. The molecular weight excluding hydrogens is 937 g/mol. The molecule has 0 unspecified atom stereocenters. The summed E-state index contributed by atoms with van der Waals surface area (Å²) in [7, 11) is 3.58. The number of nitrogens with zero attached hydrogens (tertiary/aromatic N) is 3. The van der Waals surface area contributed by atoms with Crippen LogP contribution in [-0.2, 0) is 37.0 Å². The Hall–Kier alpha value is -6.63. The average Bonchev–Trinajstić information content (AvgIpc) is 3.64. The molecule has 3 aromatic rings. The van der Waals surface area contributed by atoms with E-state index in [0.29, 0.717) is 5.75 Å². The number of carbonyl (C=O) groups is 3. The fourth-order valence-electron chi connectivity index (χ4n) is 10.1. The number of rotatable bonds is 7. The summed E-state index contributed by atoms with van der Waals surface area (Å²) in [4.78, 5) is 66.2. The van der Waals surface area contributed by atoms with Crippen LogP contribution in [0.5, 0.6) is 17.2 Å². The fraction of sp³-hybridized carbons (Fsp3) is 0.446. The number of nitrogens with one attached hydrogen (secondary N) is 1. The lowest BCUT2D eigenvalue weighted by atomic mass is 9.78. The Morgan fingerprint density at radius 3 is 2.30 bits per heavy atom. The van der Waals surface area contributed by atoms with Crippen molar-refractivity contribution in [1.29, 1.82) is 0 Å². The number of anilines is 1. The molecule has 0 aromatic heterocycles. The molecule has 1 aliphatic carbocycles. The molecule has 73 heavy (non-hydrogen) atoms. The predicted octanol–water partition coefficient (Wildman–Crippen LogP) is 7.28. The molecule has 388 valence electrons. The van der Waals surface area contributed by atoms with Crippen LogP contribution in [0.3, 0.4) is 0 Å². The van der Waals surface area contributed by atoms with E-state index in [4.69, 9.17) is 33.1 Å². The van der Waals surface area contributed by atoms with Crippen molar-refractivity contribution in [2.45, 2.75) is 98.7 Å². The SMILES string of the molecule is CO[C@H]1/C=C/O[C@@]2(C)Oc3c(C)c(O)c4c(=O)c(c5oc6cccc(OCc7ccc(CN8CCN(C)CC8)cc7)c6nc-5c4c3C2=O)NC(=O)/C(C)=C\C=C\[C@H](C)[C@H](O)[C@@H](C)[C@@H](O)[C@@H](C)[C@H](OC(C)=O)[C@@H]1C. The van der Waals surface area contributed by atoms with E-state index in [0.717, 1.165) is 38.3 Å². The summed E-state index contributed by atoms with van der Waals surface area (Å²) < 4.78 is 37.0. The topological polar surface area (TPSA) is 220 Å². The van der Waals surface area contributed by atoms with E-state index in [1.165, 1.54) is 58.8 Å². The lowest BCUT2D eigenvalue weighted by Gasteiger charge is -2.38. The predicted molar refractivity (Wildman–Crippen MR) is 274 cm³/mol. The Morgan fingerprint density at radius 2 is 1.62 bits per heavy atom. The third-order valence-electron chi connectivity index (χ3n) is 14.7. The zero-order chi connectivity index (χ0) is 52.6. The van der Waals surface area contributed by atoms with Gasteiger partial charge in [0.1, 0.15) is 46.9 Å². The minimum atomic E-state index is -2.07. The largest absolute Gasteiger partial charge is 0.507 e. The van der Waals surface area contributed by atoms with E-state index in [1.54, 1.807) is 58.0 Å². The zero-order valence-corrected chi connectivity index (χ0v) is 43.1. The molecule has 5 aliphatic rings. The van der Waals surface area contributed by atoms with Crippen LogP contribution in [0.15, 0.2) is 87.8 Å². The summed E-state index contributed by atoms with van der Waals surface area (Å²) in [6, 6.07) is 13.3. The number of aromatic hydroxyl groups is 1. The monoisotopic (exact) mass is 1000 g/mol. The van der Waals surface area contributed by atoms with Crippen molar-refractivity contribution in [3.05, 3.63) is 111 Å². The number of likely N-dealkylation sites (N-methyl/N-ethyl adjacent to an activating group) is 1. The van der Waals surface area contributed by atoms with E-state index in [-0.39, 0.29) is 68.1 Å². The number of ether oxygens (including phenoxy) is 5. The van der Waals surface area contributed by atoms with Gasteiger partial charge in [-0.05, 0) is 50.2 Å². The number of methoxy groups -OCH3 is 1. The lowest BCUT2D eigenvalue weighted by molar-refractivity contribution is -0.160. The maximum absolute atomic E-state index is 15.0. The van der Waals surface area contributed by atoms with Crippen molar-refractivity contribution < 1.29 is 57.8 Å². The molecule has 17 heteroatoms. The van der Waals surface area contributed by atoms with Gasteiger partial charge in [0, 0.05) is 93.9 Å². The standard InChI is InChI=1S/C56H66N4O13/c1-29-13-11-14-30(2)55(67)58-46-50(65)42-41(45-53(46)72-40-16-12-15-39(44(40)57-45)69-28-37-19-17-36(18-20-37)27-60-24-22-59(9)23-25-60)43-52(34(6)49(42)64)73-56(8,54(43)66)70-26-21-38(68-10)31(3)51(71-35(7)61)33(5)48(63)32(4)47(29)62/h11-21,26,29,31-33,38,47-48,51,62-64H,22-25,27-28H2,1-10H3,(H,58,67)/b13-11+,26-21+,30-14-/t29-,31+,32+,33+,38-,47-,48+,51+,56-/m0/s1. The summed E-state index contributed by atoms with van der Waals surface area (Å²) in [5.41, 5.74) is 1.36. The van der Waals surface area contributed by atoms with Crippen molar-refractivity contribution in [3.8, 4) is 28.7 Å². The van der Waals surface area contributed by atoms with Crippen LogP contribution in [0, 0.1) is 30.6 Å². The molecule has 0 radical (unpaired) electrons. The zero-order valence-electron chi connectivity index (χ0n) is 43.1. The number of aliphatic hydroxyl groups is 2. The van der Waals surface area contributed by atoms with Gasteiger partial charge >= 0.3 is 11.8 Å². The van der Waals surface area contributed by atoms with E-state index < -0.39 is 82.7 Å². The quantitative estimate of drug-likeness (QED) is 0.0715. The normalized spacial score (nSPS) is 28.4. The number of fused-ring (bicyclic) bond motifs is 2. The highest BCUT2D eigenvalue weighted by atomic mass is 16.7. The van der Waals surface area contributed by atoms with Gasteiger partial charge in [-0.3, -0.25) is 24.1 Å². The van der Waals surface area contributed by atoms with Crippen molar-refractivity contribution in [2.75, 3.05) is 45.7 Å². The van der Waals surface area contributed by atoms with E-state index in [1.807, 2.05) is 12.1 Å². The highest BCUT2D eigenvalue weighted by Crippen LogP contribution is 2.51. The molecule has 8 rings (SSSR count). The van der Waals surface area contributed by atoms with E-state index in [9.17, 15) is 34.5 Å². The number of phenolic OH excluding ortho intramolecular Hbond substituents is 1. The van der Waals surface area contributed by atoms with Crippen molar-refractivity contribution in [2.24, 2.45) is 23.7 Å². The number of amides is 1. The summed E-state index contributed by atoms with van der Waals surface area (Å²) in [6.07, 6.45) is 3.57. The number of aliphatic hydroxyl groups excluding tert-OH is 2. The van der Waals surface area contributed by atoms with Crippen LogP contribution in [-0.4, -0.2) is 118 Å². The Kier molecular flexibility index (Phi) is 15.5. The molecule has 17 nitrogen and oxygen atoms in total. The van der Waals surface area contributed by atoms with Crippen molar-refractivity contribution >= 4 is 45.2 Å². The summed E-state index contributed by atoms with van der Waals surface area (Å²) >= 11 is 0. The van der Waals surface area contributed by atoms with Crippen molar-refractivity contribution in [3.63, 3.8) is 0 Å². The second kappa shape index (κ2) is 21.5. The molecule has 0 saturated carbocycles. The highest BCUT2D eigenvalue weighted by Gasteiger charge is 2.50. The van der Waals surface area contributed by atoms with Gasteiger partial charge in [-0.1, -0.05) is 76.3 Å². The van der Waals surface area contributed by atoms with Gasteiger partial charge in [0.25, 0.3) is 11.7 Å². The van der Waals surface area contributed by atoms with Gasteiger partial charge < -0.3 is 53.6 Å². The molecule has 9 atom stereocenters. The number of hydrogen-bond acceptors (Lipinski definition) is 16. The van der Waals surface area contributed by atoms with Crippen LogP contribution < -0.4 is 20.2 Å². The minimum absolute atomic E-state index is 0.0506. The minimum Gasteiger partial charge on any atom is -0.507 e. The first-order valence-electron chi connectivity index (χ1n) is 24.7. The summed E-state index contributed by atoms with van der Waals surface area (Å²) in [5.74, 6) is -7.07. The number of ketones is 1. The van der Waals surface area contributed by atoms with Crippen LogP contribution in [0.1, 0.15) is 75.5 Å². The molecular formula is C56H66N4O13. The van der Waals surface area contributed by atoms with Gasteiger partial charge in [0.2, 0.25) is 5.43 Å². The lowest BCUT2D eigenvalue weighted by Crippen LogP contribution is -2.46. The first-order chi connectivity index (χ1) is 34.7. The average molecular weight is 1000 g/mol. The van der Waals surface area contributed by atoms with E-state index >= 15 is 0 Å². The number of phenols is 1. The third kappa shape index (κ3) is 10.5. The van der Waals surface area contributed by atoms with E-state index in [2.05, 4.69) is 34.3 Å². The maximum atomic E-state index is 15.0. The van der Waals surface area contributed by atoms with Crippen LogP contribution in [0.25, 0.3) is 33.3 Å². The number of hydrogen-bond donors (Lipinski definition) is 4. The fourth-order valence-corrected chi connectivity index (χ4v) is 10.1. The third-order valence-corrected chi connectivity index (χ3v) is 14.7. The molecule has 3 aromatic carbocycles. The molecule has 1 fully saturated rings. The first kappa shape index (κ1) is 52.7. The summed E-state index contributed by atoms with van der Waals surface area (Å²) in [5, 5.41) is 37.4. The first-order valence-corrected chi connectivity index (χ1v) is 24.7. The second-order valence-corrected chi connectivity index (χ2v) is 20.0. The van der Waals surface area contributed by atoms with Crippen LogP contribution in [0.2, 0.25) is 0 Å². The Labute approximate surface area is 424 Å². The Morgan fingerprint density at radius 1 is 0.918 bits per heavy atom. The molecule has 1 saturated heterocycles. The van der Waals surface area contributed by atoms with Gasteiger partial charge in [-0.2, -0.15) is 0 Å².